The van der Waals surface area contributed by atoms with Crippen molar-refractivity contribution >= 4 is 27.3 Å². The van der Waals surface area contributed by atoms with Gasteiger partial charge in [0.1, 0.15) is 10.6 Å². The van der Waals surface area contributed by atoms with Crippen molar-refractivity contribution in [3.63, 3.8) is 0 Å². The minimum atomic E-state index is -3.71. The average Bonchev–Trinajstić information content (AvgIpc) is 2.38. The highest BCUT2D eigenvalue weighted by Gasteiger charge is 2.18. The number of hydrogen-bond acceptors (Lipinski definition) is 3. The van der Waals surface area contributed by atoms with Gasteiger partial charge in [-0.1, -0.05) is 29.8 Å². The molecule has 4 nitrogen and oxygen atoms in total. The molecule has 0 radical (unpaired) electrons. The summed E-state index contributed by atoms with van der Waals surface area (Å²) in [6, 6.07) is 13.0. The van der Waals surface area contributed by atoms with Gasteiger partial charge in [0, 0.05) is 11.8 Å². The molecule has 2 aromatic rings. The third kappa shape index (κ3) is 3.19. The highest BCUT2D eigenvalue weighted by Crippen LogP contribution is 2.27. The van der Waals surface area contributed by atoms with Gasteiger partial charge in [-0.2, -0.15) is 0 Å². The number of sulfonamides is 1. The molecule has 0 aliphatic carbocycles. The average molecular weight is 298 g/mol. The quantitative estimate of drug-likeness (QED) is 0.943. The summed E-state index contributed by atoms with van der Waals surface area (Å²) in [7, 11) is -2.22. The van der Waals surface area contributed by atoms with Gasteiger partial charge in [0.2, 0.25) is 0 Å². The lowest BCUT2D eigenvalue weighted by atomic mass is 10.3. The molecule has 0 heterocycles. The zero-order chi connectivity index (χ0) is 13.9. The fourth-order valence-corrected chi connectivity index (χ4v) is 3.14. The number of anilines is 1. The molecule has 0 amide bonds. The minimum absolute atomic E-state index is 0.0128. The Balaban J connectivity index is 2.35. The smallest absolute Gasteiger partial charge is 0.263 e. The Morgan fingerprint density at radius 3 is 2.37 bits per heavy atom. The Bertz CT molecular complexity index is 672. The summed E-state index contributed by atoms with van der Waals surface area (Å²) in [5.74, 6) is 0.503. The van der Waals surface area contributed by atoms with Crippen molar-refractivity contribution in [2.75, 3.05) is 11.8 Å². The molecule has 0 bridgehead atoms. The van der Waals surface area contributed by atoms with Crippen molar-refractivity contribution in [3.8, 4) is 5.75 Å². The maximum Gasteiger partial charge on any atom is 0.263 e. The van der Waals surface area contributed by atoms with Crippen LogP contribution in [0, 0.1) is 0 Å². The van der Waals surface area contributed by atoms with Gasteiger partial charge in [0.05, 0.1) is 12.1 Å². The normalized spacial score (nSPS) is 11.1. The van der Waals surface area contributed by atoms with E-state index in [1.807, 2.05) is 0 Å². The number of nitrogens with one attached hydrogen (secondary N) is 1. The second-order valence-electron chi connectivity index (χ2n) is 3.77. The van der Waals surface area contributed by atoms with Crippen LogP contribution in [0.5, 0.6) is 5.75 Å². The number of benzene rings is 2. The number of halogens is 1. The number of rotatable bonds is 4. The Kier molecular flexibility index (Phi) is 3.97. The number of ether oxygens (including phenoxy) is 1. The zero-order valence-corrected chi connectivity index (χ0v) is 11.7. The van der Waals surface area contributed by atoms with Gasteiger partial charge in [0.15, 0.2) is 0 Å². The van der Waals surface area contributed by atoms with E-state index in [0.717, 1.165) is 0 Å². The van der Waals surface area contributed by atoms with Crippen LogP contribution in [0.25, 0.3) is 0 Å². The van der Waals surface area contributed by atoms with Gasteiger partial charge in [0.25, 0.3) is 10.0 Å². The standard InChI is InChI=1S/C13H12ClNO3S/c1-18-11-7-8-13(12(14)9-11)19(16,17)15-10-5-3-2-4-6-10/h2-9,15H,1H3. The summed E-state index contributed by atoms with van der Waals surface area (Å²) in [6.45, 7) is 0. The third-order valence-electron chi connectivity index (χ3n) is 2.45. The molecular weight excluding hydrogens is 286 g/mol. The Morgan fingerprint density at radius 1 is 1.11 bits per heavy atom. The molecule has 6 heteroatoms. The molecule has 0 aromatic heterocycles. The summed E-state index contributed by atoms with van der Waals surface area (Å²) < 4.78 is 31.8. The van der Waals surface area contributed by atoms with Gasteiger partial charge in [-0.3, -0.25) is 4.72 Å². The van der Waals surface area contributed by atoms with Crippen LogP contribution in [-0.4, -0.2) is 15.5 Å². The summed E-state index contributed by atoms with van der Waals surface area (Å²) in [4.78, 5) is 0.0128. The lowest BCUT2D eigenvalue weighted by Crippen LogP contribution is -2.13. The number of para-hydroxylation sites is 1. The van der Waals surface area contributed by atoms with Gasteiger partial charge in [-0.25, -0.2) is 8.42 Å². The Hall–Kier alpha value is -1.72. The molecule has 0 fully saturated rings. The van der Waals surface area contributed by atoms with E-state index in [1.165, 1.54) is 19.2 Å². The molecule has 0 saturated heterocycles. The first-order chi connectivity index (χ1) is 9.03. The largest absolute Gasteiger partial charge is 0.497 e. The molecule has 2 aromatic carbocycles. The highest BCUT2D eigenvalue weighted by molar-refractivity contribution is 7.92. The molecule has 100 valence electrons. The summed E-state index contributed by atoms with van der Waals surface area (Å²) in [5.41, 5.74) is 0.481. The minimum Gasteiger partial charge on any atom is -0.497 e. The van der Waals surface area contributed by atoms with Crippen LogP contribution in [0.15, 0.2) is 53.4 Å². The van der Waals surface area contributed by atoms with Crippen molar-refractivity contribution in [1.82, 2.24) is 0 Å². The fraction of sp³-hybridized carbons (Fsp3) is 0.0769. The van der Waals surface area contributed by atoms with Gasteiger partial charge >= 0.3 is 0 Å². The van der Waals surface area contributed by atoms with E-state index >= 15 is 0 Å². The monoisotopic (exact) mass is 297 g/mol. The number of methoxy groups -OCH3 is 1. The molecule has 2 rings (SSSR count). The Morgan fingerprint density at radius 2 is 1.79 bits per heavy atom. The molecular formula is C13H12ClNO3S. The lowest BCUT2D eigenvalue weighted by Gasteiger charge is -2.10. The second-order valence-corrected chi connectivity index (χ2v) is 5.83. The van der Waals surface area contributed by atoms with Crippen molar-refractivity contribution < 1.29 is 13.2 Å². The van der Waals surface area contributed by atoms with Crippen molar-refractivity contribution in [2.45, 2.75) is 4.90 Å². The van der Waals surface area contributed by atoms with E-state index in [9.17, 15) is 8.42 Å². The second kappa shape index (κ2) is 5.50. The predicted octanol–water partition coefficient (Wildman–Crippen LogP) is 3.15. The third-order valence-corrected chi connectivity index (χ3v) is 4.32. The maximum atomic E-state index is 12.2. The van der Waals surface area contributed by atoms with E-state index in [0.29, 0.717) is 11.4 Å². The topological polar surface area (TPSA) is 55.4 Å². The fourth-order valence-electron chi connectivity index (χ4n) is 1.54. The molecule has 0 spiro atoms. The first kappa shape index (κ1) is 13.7. The first-order valence-corrected chi connectivity index (χ1v) is 7.30. The first-order valence-electron chi connectivity index (χ1n) is 5.44. The molecule has 0 saturated carbocycles. The lowest BCUT2D eigenvalue weighted by molar-refractivity contribution is 0.414. The van der Waals surface area contributed by atoms with E-state index in [1.54, 1.807) is 36.4 Å². The van der Waals surface area contributed by atoms with Crippen molar-refractivity contribution in [2.24, 2.45) is 0 Å². The van der Waals surface area contributed by atoms with Crippen molar-refractivity contribution in [1.29, 1.82) is 0 Å². The predicted molar refractivity (Wildman–Crippen MR) is 75.3 cm³/mol. The van der Waals surface area contributed by atoms with Crippen LogP contribution >= 0.6 is 11.6 Å². The molecule has 0 aliphatic rings. The van der Waals surface area contributed by atoms with Crippen LogP contribution in [0.1, 0.15) is 0 Å². The van der Waals surface area contributed by atoms with Crippen LogP contribution in [0.4, 0.5) is 5.69 Å². The van der Waals surface area contributed by atoms with Crippen LogP contribution in [0.2, 0.25) is 5.02 Å². The van der Waals surface area contributed by atoms with Gasteiger partial charge in [-0.05, 0) is 24.3 Å². The van der Waals surface area contributed by atoms with Gasteiger partial charge in [-0.15, -0.1) is 0 Å². The molecule has 19 heavy (non-hydrogen) atoms. The van der Waals surface area contributed by atoms with Gasteiger partial charge < -0.3 is 4.74 Å². The maximum absolute atomic E-state index is 12.2. The van der Waals surface area contributed by atoms with E-state index < -0.39 is 10.0 Å². The van der Waals surface area contributed by atoms with Crippen molar-refractivity contribution in [3.05, 3.63) is 53.6 Å². The Labute approximate surface area is 117 Å². The summed E-state index contributed by atoms with van der Waals surface area (Å²) in [6.07, 6.45) is 0. The number of hydrogen-bond donors (Lipinski definition) is 1. The molecule has 1 N–H and O–H groups in total. The van der Waals surface area contributed by atoms with Crippen LogP contribution in [0.3, 0.4) is 0 Å². The highest BCUT2D eigenvalue weighted by atomic mass is 35.5. The summed E-state index contributed by atoms with van der Waals surface area (Å²) in [5, 5.41) is 0.114. The van der Waals surface area contributed by atoms with Crippen LogP contribution < -0.4 is 9.46 Å². The molecule has 0 aliphatic heterocycles. The van der Waals surface area contributed by atoms with E-state index in [4.69, 9.17) is 16.3 Å². The summed E-state index contributed by atoms with van der Waals surface area (Å²) >= 11 is 5.96. The molecule has 0 atom stereocenters. The van der Waals surface area contributed by atoms with Crippen LogP contribution in [-0.2, 0) is 10.0 Å². The molecule has 0 unspecified atom stereocenters. The van der Waals surface area contributed by atoms with E-state index in [2.05, 4.69) is 4.72 Å². The van der Waals surface area contributed by atoms with E-state index in [-0.39, 0.29) is 9.92 Å². The SMILES string of the molecule is COc1ccc(S(=O)(=O)Nc2ccccc2)c(Cl)c1. The zero-order valence-electron chi connectivity index (χ0n) is 10.1.